The first-order valence-corrected chi connectivity index (χ1v) is 6.22. The molecule has 0 bridgehead atoms. The predicted molar refractivity (Wildman–Crippen MR) is 76.3 cm³/mol. The lowest BCUT2D eigenvalue weighted by atomic mass is 10.1. The number of nitrogens with one attached hydrogen (secondary N) is 1. The van der Waals surface area contributed by atoms with Crippen LogP contribution in [0.2, 0.25) is 0 Å². The molecular formula is C16H16N2O. The highest BCUT2D eigenvalue weighted by atomic mass is 16.5. The average molecular weight is 252 g/mol. The van der Waals surface area contributed by atoms with Crippen molar-refractivity contribution in [2.75, 3.05) is 18.5 Å². The maximum absolute atomic E-state index is 9.06. The van der Waals surface area contributed by atoms with Gasteiger partial charge in [0.25, 0.3) is 0 Å². The number of benzene rings is 2. The second kappa shape index (κ2) is 6.46. The summed E-state index contributed by atoms with van der Waals surface area (Å²) in [5.41, 5.74) is 2.63. The molecule has 0 radical (unpaired) electrons. The van der Waals surface area contributed by atoms with Crippen molar-refractivity contribution in [1.82, 2.24) is 0 Å². The fourth-order valence-corrected chi connectivity index (χ4v) is 1.86. The van der Waals surface area contributed by atoms with Crippen LogP contribution in [0, 0.1) is 18.3 Å². The highest BCUT2D eigenvalue weighted by molar-refractivity contribution is 5.62. The van der Waals surface area contributed by atoms with Crippen molar-refractivity contribution < 1.29 is 4.74 Å². The summed E-state index contributed by atoms with van der Waals surface area (Å²) in [4.78, 5) is 0. The normalized spacial score (nSPS) is 9.68. The third-order valence-corrected chi connectivity index (χ3v) is 2.81. The molecule has 1 N–H and O–H groups in total. The van der Waals surface area contributed by atoms with Gasteiger partial charge in [-0.15, -0.1) is 0 Å². The highest BCUT2D eigenvalue weighted by Gasteiger charge is 2.03. The van der Waals surface area contributed by atoms with E-state index in [9.17, 15) is 0 Å². The monoisotopic (exact) mass is 252 g/mol. The number of hydrogen-bond donors (Lipinski definition) is 1. The molecule has 2 rings (SSSR count). The van der Waals surface area contributed by atoms with Crippen molar-refractivity contribution in [3.05, 3.63) is 59.7 Å². The second-order valence-electron chi connectivity index (χ2n) is 4.20. The largest absolute Gasteiger partial charge is 0.492 e. The minimum Gasteiger partial charge on any atom is -0.492 e. The number of hydrogen-bond acceptors (Lipinski definition) is 3. The van der Waals surface area contributed by atoms with E-state index in [2.05, 4.69) is 11.4 Å². The van der Waals surface area contributed by atoms with Crippen LogP contribution in [0.3, 0.4) is 0 Å². The van der Waals surface area contributed by atoms with Gasteiger partial charge in [0.05, 0.1) is 11.3 Å². The molecule has 2 aromatic rings. The van der Waals surface area contributed by atoms with Crippen molar-refractivity contribution in [1.29, 1.82) is 5.26 Å². The Labute approximate surface area is 113 Å². The van der Waals surface area contributed by atoms with Crippen LogP contribution in [-0.4, -0.2) is 13.2 Å². The fraction of sp³-hybridized carbons (Fsp3) is 0.188. The lowest BCUT2D eigenvalue weighted by Gasteiger charge is -2.12. The van der Waals surface area contributed by atoms with E-state index in [1.165, 1.54) is 0 Å². The molecule has 0 saturated carbocycles. The van der Waals surface area contributed by atoms with Crippen LogP contribution in [-0.2, 0) is 0 Å². The Morgan fingerprint density at radius 3 is 2.63 bits per heavy atom. The maximum atomic E-state index is 9.06. The van der Waals surface area contributed by atoms with Crippen molar-refractivity contribution >= 4 is 5.69 Å². The number of nitriles is 1. The zero-order chi connectivity index (χ0) is 13.5. The predicted octanol–water partition coefficient (Wildman–Crippen LogP) is 3.36. The summed E-state index contributed by atoms with van der Waals surface area (Å²) < 4.78 is 5.60. The van der Waals surface area contributed by atoms with Gasteiger partial charge in [0.2, 0.25) is 0 Å². The number of nitrogens with zero attached hydrogens (tertiary/aromatic N) is 1. The van der Waals surface area contributed by atoms with Crippen molar-refractivity contribution in [3.8, 4) is 11.8 Å². The van der Waals surface area contributed by atoms with Gasteiger partial charge in [0.1, 0.15) is 18.4 Å². The molecule has 0 aliphatic carbocycles. The molecule has 0 fully saturated rings. The van der Waals surface area contributed by atoms with Gasteiger partial charge in [-0.25, -0.2) is 0 Å². The van der Waals surface area contributed by atoms with Gasteiger partial charge in [0, 0.05) is 6.54 Å². The van der Waals surface area contributed by atoms with E-state index in [4.69, 9.17) is 10.00 Å². The van der Waals surface area contributed by atoms with E-state index >= 15 is 0 Å². The molecule has 0 aliphatic heterocycles. The number of rotatable bonds is 5. The van der Waals surface area contributed by atoms with E-state index in [-0.39, 0.29) is 0 Å². The first-order chi connectivity index (χ1) is 9.31. The summed E-state index contributed by atoms with van der Waals surface area (Å²) in [5, 5.41) is 12.3. The fourth-order valence-electron chi connectivity index (χ4n) is 1.86. The van der Waals surface area contributed by atoms with E-state index in [0.717, 1.165) is 17.0 Å². The molecule has 3 heteroatoms. The van der Waals surface area contributed by atoms with Crippen LogP contribution in [0.15, 0.2) is 48.5 Å². The Hall–Kier alpha value is -2.47. The first kappa shape index (κ1) is 13.0. The van der Waals surface area contributed by atoms with Gasteiger partial charge in [-0.1, -0.05) is 30.3 Å². The molecule has 0 saturated heterocycles. The quantitative estimate of drug-likeness (QED) is 0.830. The maximum Gasteiger partial charge on any atom is 0.119 e. The van der Waals surface area contributed by atoms with Crippen molar-refractivity contribution in [2.45, 2.75) is 6.92 Å². The van der Waals surface area contributed by atoms with Crippen LogP contribution in [0.4, 0.5) is 5.69 Å². The highest BCUT2D eigenvalue weighted by Crippen LogP contribution is 2.19. The third kappa shape index (κ3) is 3.49. The molecule has 0 spiro atoms. The van der Waals surface area contributed by atoms with Crippen LogP contribution in [0.25, 0.3) is 0 Å². The van der Waals surface area contributed by atoms with Gasteiger partial charge in [-0.3, -0.25) is 0 Å². The summed E-state index contributed by atoms with van der Waals surface area (Å²) >= 11 is 0. The molecule has 0 aromatic heterocycles. The molecule has 96 valence electrons. The summed E-state index contributed by atoms with van der Waals surface area (Å²) in [7, 11) is 0. The van der Waals surface area contributed by atoms with Gasteiger partial charge in [0.15, 0.2) is 0 Å². The van der Waals surface area contributed by atoms with Gasteiger partial charge in [-0.05, 0) is 30.7 Å². The second-order valence-corrected chi connectivity index (χ2v) is 4.20. The lowest BCUT2D eigenvalue weighted by Crippen LogP contribution is -2.13. The van der Waals surface area contributed by atoms with E-state index in [0.29, 0.717) is 18.7 Å². The number of para-hydroxylation sites is 2. The Morgan fingerprint density at radius 2 is 1.89 bits per heavy atom. The minimum absolute atomic E-state index is 0.559. The molecule has 2 aromatic carbocycles. The molecule has 0 atom stereocenters. The van der Waals surface area contributed by atoms with Gasteiger partial charge < -0.3 is 10.1 Å². The third-order valence-electron chi connectivity index (χ3n) is 2.81. The van der Waals surface area contributed by atoms with Gasteiger partial charge in [-0.2, -0.15) is 5.26 Å². The van der Waals surface area contributed by atoms with E-state index < -0.39 is 0 Å². The zero-order valence-electron chi connectivity index (χ0n) is 10.9. The van der Waals surface area contributed by atoms with E-state index in [1.807, 2.05) is 55.5 Å². The van der Waals surface area contributed by atoms with Crippen LogP contribution >= 0.6 is 0 Å². The van der Waals surface area contributed by atoms with Crippen molar-refractivity contribution in [2.24, 2.45) is 0 Å². The number of ether oxygens (including phenoxy) is 1. The van der Waals surface area contributed by atoms with Gasteiger partial charge >= 0.3 is 0 Å². The summed E-state index contributed by atoms with van der Waals surface area (Å²) in [6, 6.07) is 17.6. The molecule has 0 heterocycles. The topological polar surface area (TPSA) is 45.0 Å². The molecule has 0 amide bonds. The summed E-state index contributed by atoms with van der Waals surface area (Å²) in [6.45, 7) is 3.21. The van der Waals surface area contributed by atoms with Crippen molar-refractivity contribution in [3.63, 3.8) is 0 Å². The van der Waals surface area contributed by atoms with Crippen LogP contribution in [0.1, 0.15) is 11.1 Å². The lowest BCUT2D eigenvalue weighted by molar-refractivity contribution is 0.333. The number of anilines is 1. The Bertz CT molecular complexity index is 573. The standard InChI is InChI=1S/C16H16N2O/c1-13-6-5-7-14(12-17)16(13)18-10-11-19-15-8-3-2-4-9-15/h2-9,18H,10-11H2,1H3. The summed E-state index contributed by atoms with van der Waals surface area (Å²) in [6.07, 6.45) is 0. The molecule has 0 aliphatic rings. The molecular weight excluding hydrogens is 236 g/mol. The molecule has 3 nitrogen and oxygen atoms in total. The molecule has 0 unspecified atom stereocenters. The molecule has 19 heavy (non-hydrogen) atoms. The van der Waals surface area contributed by atoms with E-state index in [1.54, 1.807) is 0 Å². The Morgan fingerprint density at radius 1 is 1.11 bits per heavy atom. The minimum atomic E-state index is 0.559. The Kier molecular flexibility index (Phi) is 4.41. The first-order valence-electron chi connectivity index (χ1n) is 6.22. The zero-order valence-corrected chi connectivity index (χ0v) is 10.9. The SMILES string of the molecule is Cc1cccc(C#N)c1NCCOc1ccccc1. The van der Waals surface area contributed by atoms with Crippen LogP contribution in [0.5, 0.6) is 5.75 Å². The summed E-state index contributed by atoms with van der Waals surface area (Å²) in [5.74, 6) is 0.856. The Balaban J connectivity index is 1.88. The number of aryl methyl sites for hydroxylation is 1. The smallest absolute Gasteiger partial charge is 0.119 e. The average Bonchev–Trinajstić information content (AvgIpc) is 2.46. The van der Waals surface area contributed by atoms with Crippen LogP contribution < -0.4 is 10.1 Å².